The molecule has 0 radical (unpaired) electrons. The average Bonchev–Trinajstić information content (AvgIpc) is 3.28. The summed E-state index contributed by atoms with van der Waals surface area (Å²) in [6.45, 7) is 1.69. The van der Waals surface area contributed by atoms with E-state index in [1.165, 1.54) is 24.3 Å². The summed E-state index contributed by atoms with van der Waals surface area (Å²) in [6.07, 6.45) is 4.40. The van der Waals surface area contributed by atoms with Crippen LogP contribution in [-0.4, -0.2) is 23.6 Å². The maximum absolute atomic E-state index is 13.1. The molecule has 0 saturated heterocycles. The number of ketones is 1. The molecule has 0 spiro atoms. The van der Waals surface area contributed by atoms with Gasteiger partial charge in [0.2, 0.25) is 11.7 Å². The van der Waals surface area contributed by atoms with Crippen molar-refractivity contribution in [1.29, 1.82) is 0 Å². The topological polar surface area (TPSA) is 96.7 Å². The number of carbonyl (C=O) groups is 4. The van der Waals surface area contributed by atoms with Crippen LogP contribution in [0.2, 0.25) is 5.02 Å². The summed E-state index contributed by atoms with van der Waals surface area (Å²) >= 11 is 6.09. The van der Waals surface area contributed by atoms with Crippen molar-refractivity contribution in [2.24, 2.45) is 5.92 Å². The number of benzene rings is 1. The molecule has 30 heavy (non-hydrogen) atoms. The molecule has 1 atom stereocenters. The molecule has 1 aromatic carbocycles. The molecule has 4 rings (SSSR count). The highest BCUT2D eigenvalue weighted by Gasteiger charge is 2.46. The number of rotatable bonds is 3. The Bertz CT molecular complexity index is 1040. The van der Waals surface area contributed by atoms with Crippen LogP contribution in [0.25, 0.3) is 0 Å². The Hall–Kier alpha value is -2.93. The van der Waals surface area contributed by atoms with Gasteiger partial charge in [-0.05, 0) is 55.7 Å². The van der Waals surface area contributed by atoms with E-state index >= 15 is 0 Å². The van der Waals surface area contributed by atoms with Gasteiger partial charge in [-0.25, -0.2) is 9.69 Å². The smallest absolute Gasteiger partial charge is 0.335 e. The highest BCUT2D eigenvalue weighted by Crippen LogP contribution is 2.41. The summed E-state index contributed by atoms with van der Waals surface area (Å²) in [5.74, 6) is -2.64. The van der Waals surface area contributed by atoms with Gasteiger partial charge in [0.15, 0.2) is 5.76 Å². The number of halogens is 1. The maximum atomic E-state index is 13.1. The van der Waals surface area contributed by atoms with E-state index in [-0.39, 0.29) is 23.3 Å². The van der Waals surface area contributed by atoms with Gasteiger partial charge in [-0.1, -0.05) is 30.9 Å². The van der Waals surface area contributed by atoms with Gasteiger partial charge in [0.1, 0.15) is 11.7 Å². The van der Waals surface area contributed by atoms with Crippen molar-refractivity contribution in [1.82, 2.24) is 5.32 Å². The van der Waals surface area contributed by atoms with Crippen molar-refractivity contribution in [2.45, 2.75) is 44.9 Å². The minimum absolute atomic E-state index is 0.0253. The second kappa shape index (κ2) is 8.07. The predicted octanol–water partition coefficient (Wildman–Crippen LogP) is 4.37. The van der Waals surface area contributed by atoms with Gasteiger partial charge in [-0.15, -0.1) is 0 Å². The first-order valence-electron chi connectivity index (χ1n) is 9.95. The lowest BCUT2D eigenvalue weighted by molar-refractivity contribution is -0.124. The molecule has 1 N–H and O–H groups in total. The van der Waals surface area contributed by atoms with E-state index in [4.69, 9.17) is 16.0 Å². The number of amides is 4. The molecule has 2 aromatic rings. The van der Waals surface area contributed by atoms with Crippen LogP contribution in [0.1, 0.15) is 59.9 Å². The quantitative estimate of drug-likeness (QED) is 0.578. The lowest BCUT2D eigenvalue weighted by Gasteiger charge is -2.22. The van der Waals surface area contributed by atoms with Crippen LogP contribution in [0.5, 0.6) is 0 Å². The average molecular weight is 429 g/mol. The van der Waals surface area contributed by atoms with Gasteiger partial charge < -0.3 is 4.42 Å². The fourth-order valence-corrected chi connectivity index (χ4v) is 4.32. The predicted molar refractivity (Wildman–Crippen MR) is 110 cm³/mol. The van der Waals surface area contributed by atoms with Crippen LogP contribution >= 0.6 is 11.6 Å². The largest absolute Gasteiger partial charge is 0.458 e. The van der Waals surface area contributed by atoms with Gasteiger partial charge in [0.05, 0.1) is 5.69 Å². The van der Waals surface area contributed by atoms with Crippen LogP contribution in [0.4, 0.5) is 10.5 Å². The number of anilines is 1. The Balaban J connectivity index is 1.62. The molecule has 1 unspecified atom stereocenters. The molecule has 1 saturated carbocycles. The number of urea groups is 1. The van der Waals surface area contributed by atoms with Gasteiger partial charge in [0, 0.05) is 10.9 Å². The number of nitrogens with one attached hydrogen (secondary N) is 1. The summed E-state index contributed by atoms with van der Waals surface area (Å²) in [6, 6.07) is 6.78. The molecule has 2 aliphatic rings. The standard InChI is InChI=1S/C22H21ClN2O5/c1-12-7-10-17(30-12)19(26)18-15-11-14(23)8-9-16(15)25(21(18)28)22(29)24-20(27)13-5-3-2-4-6-13/h7-11,13,18H,2-6H2,1H3,(H,24,27,29). The van der Waals surface area contributed by atoms with Gasteiger partial charge in [0.25, 0.3) is 5.91 Å². The Morgan fingerprint density at radius 2 is 1.83 bits per heavy atom. The molecule has 4 amide bonds. The number of hydrogen-bond acceptors (Lipinski definition) is 5. The Morgan fingerprint density at radius 3 is 2.50 bits per heavy atom. The number of nitrogens with zero attached hydrogens (tertiary/aromatic N) is 1. The highest BCUT2D eigenvalue weighted by molar-refractivity contribution is 6.33. The first-order valence-corrected chi connectivity index (χ1v) is 10.3. The monoisotopic (exact) mass is 428 g/mol. The molecule has 2 heterocycles. The van der Waals surface area contributed by atoms with Gasteiger partial charge in [-0.3, -0.25) is 19.7 Å². The second-order valence-electron chi connectivity index (χ2n) is 7.71. The zero-order valence-corrected chi connectivity index (χ0v) is 17.2. The third-order valence-corrected chi connectivity index (χ3v) is 5.90. The van der Waals surface area contributed by atoms with Crippen LogP contribution in [0.3, 0.4) is 0 Å². The van der Waals surface area contributed by atoms with Gasteiger partial charge in [-0.2, -0.15) is 0 Å². The van der Waals surface area contributed by atoms with Crippen molar-refractivity contribution in [3.05, 3.63) is 52.4 Å². The Labute approximate surface area is 178 Å². The molecule has 8 heteroatoms. The SMILES string of the molecule is Cc1ccc(C(=O)C2C(=O)N(C(=O)NC(=O)C3CCCCC3)c3ccc(Cl)cc32)o1. The fourth-order valence-electron chi connectivity index (χ4n) is 4.14. The second-order valence-corrected chi connectivity index (χ2v) is 8.15. The third kappa shape index (κ3) is 3.65. The molecular formula is C22H21ClN2O5. The number of fused-ring (bicyclic) bond motifs is 1. The van der Waals surface area contributed by atoms with Gasteiger partial charge >= 0.3 is 6.03 Å². The van der Waals surface area contributed by atoms with Crippen LogP contribution in [-0.2, 0) is 9.59 Å². The lowest BCUT2D eigenvalue weighted by Crippen LogP contribution is -2.47. The highest BCUT2D eigenvalue weighted by atomic mass is 35.5. The zero-order chi connectivity index (χ0) is 21.4. The molecule has 1 aliphatic heterocycles. The molecule has 1 fully saturated rings. The number of carbonyl (C=O) groups excluding carboxylic acids is 4. The molecule has 0 bridgehead atoms. The van der Waals surface area contributed by atoms with E-state index in [9.17, 15) is 19.2 Å². The first kappa shape index (κ1) is 20.3. The third-order valence-electron chi connectivity index (χ3n) is 5.66. The number of Topliss-reactive ketones (excluding diaryl/α,β-unsaturated/α-hetero) is 1. The van der Waals surface area contributed by atoms with E-state index in [2.05, 4.69) is 5.32 Å². The number of aryl methyl sites for hydroxylation is 1. The number of hydrogen-bond donors (Lipinski definition) is 1. The van der Waals surface area contributed by atoms with E-state index < -0.39 is 23.6 Å². The van der Waals surface area contributed by atoms with E-state index in [0.717, 1.165) is 37.0 Å². The Kier molecular flexibility index (Phi) is 5.47. The minimum Gasteiger partial charge on any atom is -0.458 e. The molecule has 7 nitrogen and oxygen atoms in total. The minimum atomic E-state index is -1.26. The number of furan rings is 1. The Morgan fingerprint density at radius 1 is 1.10 bits per heavy atom. The van der Waals surface area contributed by atoms with Crippen molar-refractivity contribution < 1.29 is 23.6 Å². The normalized spacial score (nSPS) is 18.9. The maximum Gasteiger partial charge on any atom is 0.335 e. The van der Waals surface area contributed by atoms with Crippen molar-refractivity contribution in [3.63, 3.8) is 0 Å². The summed E-state index contributed by atoms with van der Waals surface area (Å²) < 4.78 is 5.38. The first-order chi connectivity index (χ1) is 14.4. The summed E-state index contributed by atoms with van der Waals surface area (Å²) in [7, 11) is 0. The zero-order valence-electron chi connectivity index (χ0n) is 16.4. The number of imide groups is 2. The summed E-state index contributed by atoms with van der Waals surface area (Å²) in [5.41, 5.74) is 0.548. The van der Waals surface area contributed by atoms with E-state index in [1.807, 2.05) is 0 Å². The fraction of sp³-hybridized carbons (Fsp3) is 0.364. The van der Waals surface area contributed by atoms with Crippen molar-refractivity contribution >= 4 is 40.9 Å². The van der Waals surface area contributed by atoms with Crippen LogP contribution < -0.4 is 10.2 Å². The lowest BCUT2D eigenvalue weighted by atomic mass is 9.89. The summed E-state index contributed by atoms with van der Waals surface area (Å²) in [5, 5.41) is 2.67. The molecule has 1 aliphatic carbocycles. The van der Waals surface area contributed by atoms with Crippen molar-refractivity contribution in [3.8, 4) is 0 Å². The molecule has 156 valence electrons. The van der Waals surface area contributed by atoms with Crippen molar-refractivity contribution in [2.75, 3.05) is 4.90 Å². The van der Waals surface area contributed by atoms with Crippen LogP contribution in [0.15, 0.2) is 34.7 Å². The van der Waals surface area contributed by atoms with Crippen LogP contribution in [0, 0.1) is 12.8 Å². The molecule has 1 aromatic heterocycles. The summed E-state index contributed by atoms with van der Waals surface area (Å²) in [4.78, 5) is 52.4. The molecular weight excluding hydrogens is 408 g/mol. The van der Waals surface area contributed by atoms with E-state index in [0.29, 0.717) is 16.3 Å². The van der Waals surface area contributed by atoms with E-state index in [1.54, 1.807) is 13.0 Å².